The van der Waals surface area contributed by atoms with Crippen LogP contribution in [0, 0.1) is 10.1 Å². The maximum Gasteiger partial charge on any atom is 0.285 e. The van der Waals surface area contributed by atoms with Gasteiger partial charge in [0.1, 0.15) is 5.75 Å². The Labute approximate surface area is 104 Å². The van der Waals surface area contributed by atoms with Gasteiger partial charge in [-0.1, -0.05) is 6.07 Å². The van der Waals surface area contributed by atoms with E-state index in [1.54, 1.807) is 0 Å². The van der Waals surface area contributed by atoms with Crippen LogP contribution in [0.2, 0.25) is 0 Å². The number of ether oxygens (including phenoxy) is 1. The summed E-state index contributed by atoms with van der Waals surface area (Å²) < 4.78 is 4.94. The van der Waals surface area contributed by atoms with Crippen molar-refractivity contribution in [2.75, 3.05) is 13.7 Å². The number of amides is 1. The molecule has 0 unspecified atom stereocenters. The number of carbonyl (C=O) groups is 1. The first kappa shape index (κ1) is 13.9. The van der Waals surface area contributed by atoms with Crippen molar-refractivity contribution in [3.63, 3.8) is 0 Å². The summed E-state index contributed by atoms with van der Waals surface area (Å²) in [7, 11) is 1.32. The van der Waals surface area contributed by atoms with Crippen LogP contribution in [0.5, 0.6) is 5.75 Å². The Morgan fingerprint density at radius 3 is 2.78 bits per heavy atom. The minimum absolute atomic E-state index is 0.00797. The Balaban J connectivity index is 3.11. The predicted octanol–water partition coefficient (Wildman–Crippen LogP) is 0.714. The third-order valence-electron chi connectivity index (χ3n) is 2.21. The fraction of sp³-hybridized carbons (Fsp3) is 0.364. The first-order valence-corrected chi connectivity index (χ1v) is 5.25. The molecular formula is C11H14N2O5. The fourth-order valence-electron chi connectivity index (χ4n) is 1.40. The molecule has 0 saturated carbocycles. The molecule has 98 valence electrons. The van der Waals surface area contributed by atoms with E-state index in [-0.39, 0.29) is 23.5 Å². The second-order valence-electron chi connectivity index (χ2n) is 3.67. The molecule has 1 aromatic rings. The molecule has 0 radical (unpaired) electrons. The molecule has 1 amide bonds. The van der Waals surface area contributed by atoms with Gasteiger partial charge in [-0.3, -0.25) is 14.9 Å². The normalized spacial score (nSPS) is 11.7. The summed E-state index contributed by atoms with van der Waals surface area (Å²) in [6, 6.07) is 4.12. The third kappa shape index (κ3) is 3.17. The summed E-state index contributed by atoms with van der Waals surface area (Å²) in [5.74, 6) is -0.535. The van der Waals surface area contributed by atoms with E-state index in [0.29, 0.717) is 0 Å². The Hall–Kier alpha value is -2.15. The first-order chi connectivity index (χ1) is 8.47. The molecule has 18 heavy (non-hydrogen) atoms. The SMILES string of the molecule is COc1cccc([N+](=O)[O-])c1C(=O)NC[C@@H](C)O. The summed E-state index contributed by atoms with van der Waals surface area (Å²) in [5.41, 5.74) is -0.483. The van der Waals surface area contributed by atoms with Gasteiger partial charge >= 0.3 is 0 Å². The summed E-state index contributed by atoms with van der Waals surface area (Å²) in [5, 5.41) is 22.3. The van der Waals surface area contributed by atoms with Gasteiger partial charge in [0.2, 0.25) is 0 Å². The van der Waals surface area contributed by atoms with Crippen molar-refractivity contribution in [1.82, 2.24) is 5.32 Å². The standard InChI is InChI=1S/C11H14N2O5/c1-7(14)6-12-11(15)10-8(13(16)17)4-3-5-9(10)18-2/h3-5,7,14H,6H2,1-2H3,(H,12,15)/t7-/m1/s1. The Kier molecular flexibility index (Phi) is 4.61. The van der Waals surface area contributed by atoms with Crippen molar-refractivity contribution in [3.8, 4) is 5.75 Å². The van der Waals surface area contributed by atoms with Gasteiger partial charge in [0, 0.05) is 12.6 Å². The van der Waals surface area contributed by atoms with E-state index in [4.69, 9.17) is 9.84 Å². The van der Waals surface area contributed by atoms with Crippen LogP contribution in [0.25, 0.3) is 0 Å². The highest BCUT2D eigenvalue weighted by molar-refractivity contribution is 6.00. The lowest BCUT2D eigenvalue weighted by Crippen LogP contribution is -2.31. The van der Waals surface area contributed by atoms with Crippen molar-refractivity contribution >= 4 is 11.6 Å². The molecule has 0 bridgehead atoms. The average Bonchev–Trinajstić information content (AvgIpc) is 2.34. The fourth-order valence-corrected chi connectivity index (χ4v) is 1.40. The quantitative estimate of drug-likeness (QED) is 0.595. The minimum Gasteiger partial charge on any atom is -0.496 e. The van der Waals surface area contributed by atoms with E-state index in [0.717, 1.165) is 0 Å². The number of hydrogen-bond donors (Lipinski definition) is 2. The largest absolute Gasteiger partial charge is 0.496 e. The monoisotopic (exact) mass is 254 g/mol. The molecule has 0 aromatic heterocycles. The molecule has 0 spiro atoms. The van der Waals surface area contributed by atoms with E-state index in [1.807, 2.05) is 0 Å². The molecule has 0 aliphatic heterocycles. The molecule has 1 rings (SSSR count). The number of carbonyl (C=O) groups excluding carboxylic acids is 1. The van der Waals surface area contributed by atoms with Crippen LogP contribution >= 0.6 is 0 Å². The van der Waals surface area contributed by atoms with E-state index in [2.05, 4.69) is 5.32 Å². The smallest absolute Gasteiger partial charge is 0.285 e. The Morgan fingerprint density at radius 1 is 1.61 bits per heavy atom. The van der Waals surface area contributed by atoms with Gasteiger partial charge < -0.3 is 15.2 Å². The zero-order valence-electron chi connectivity index (χ0n) is 10.0. The molecule has 7 heteroatoms. The molecule has 0 heterocycles. The lowest BCUT2D eigenvalue weighted by atomic mass is 10.1. The summed E-state index contributed by atoms with van der Waals surface area (Å²) in [6.07, 6.45) is -0.734. The van der Waals surface area contributed by atoms with Gasteiger partial charge in [-0.2, -0.15) is 0 Å². The molecule has 1 aromatic carbocycles. The Bertz CT molecular complexity index is 459. The van der Waals surface area contributed by atoms with Crippen LogP contribution in [-0.2, 0) is 0 Å². The van der Waals surface area contributed by atoms with E-state index in [9.17, 15) is 14.9 Å². The van der Waals surface area contributed by atoms with Crippen molar-refractivity contribution in [2.24, 2.45) is 0 Å². The predicted molar refractivity (Wildman–Crippen MR) is 63.7 cm³/mol. The summed E-state index contributed by atoms with van der Waals surface area (Å²) in [6.45, 7) is 1.50. The first-order valence-electron chi connectivity index (χ1n) is 5.25. The van der Waals surface area contributed by atoms with E-state index in [1.165, 1.54) is 32.2 Å². The molecule has 7 nitrogen and oxygen atoms in total. The van der Waals surface area contributed by atoms with Gasteiger partial charge in [0.15, 0.2) is 5.56 Å². The van der Waals surface area contributed by atoms with Crippen molar-refractivity contribution in [3.05, 3.63) is 33.9 Å². The lowest BCUT2D eigenvalue weighted by molar-refractivity contribution is -0.385. The second kappa shape index (κ2) is 5.97. The summed E-state index contributed by atoms with van der Waals surface area (Å²) >= 11 is 0. The van der Waals surface area contributed by atoms with Crippen LogP contribution < -0.4 is 10.1 Å². The molecule has 0 fully saturated rings. The zero-order valence-corrected chi connectivity index (χ0v) is 10.0. The lowest BCUT2D eigenvalue weighted by Gasteiger charge is -2.10. The molecule has 0 aliphatic rings. The number of aliphatic hydroxyl groups is 1. The van der Waals surface area contributed by atoms with E-state index < -0.39 is 16.9 Å². The molecule has 0 aliphatic carbocycles. The van der Waals surface area contributed by atoms with E-state index >= 15 is 0 Å². The second-order valence-corrected chi connectivity index (χ2v) is 3.67. The number of nitrogens with one attached hydrogen (secondary N) is 1. The van der Waals surface area contributed by atoms with Gasteiger partial charge in [-0.25, -0.2) is 0 Å². The highest BCUT2D eigenvalue weighted by atomic mass is 16.6. The maximum absolute atomic E-state index is 11.8. The molecular weight excluding hydrogens is 240 g/mol. The maximum atomic E-state index is 11.8. The number of methoxy groups -OCH3 is 1. The van der Waals surface area contributed by atoms with Gasteiger partial charge in [-0.05, 0) is 13.0 Å². The number of nitro benzene ring substituents is 1. The number of nitrogens with zero attached hydrogens (tertiary/aromatic N) is 1. The average molecular weight is 254 g/mol. The number of aliphatic hydroxyl groups excluding tert-OH is 1. The van der Waals surface area contributed by atoms with Crippen LogP contribution in [0.4, 0.5) is 5.69 Å². The molecule has 0 saturated heterocycles. The van der Waals surface area contributed by atoms with Crippen molar-refractivity contribution < 1.29 is 19.6 Å². The topological polar surface area (TPSA) is 102 Å². The number of nitro groups is 1. The highest BCUT2D eigenvalue weighted by Gasteiger charge is 2.24. The van der Waals surface area contributed by atoms with Crippen molar-refractivity contribution in [1.29, 1.82) is 0 Å². The highest BCUT2D eigenvalue weighted by Crippen LogP contribution is 2.27. The zero-order chi connectivity index (χ0) is 13.7. The minimum atomic E-state index is -0.734. The summed E-state index contributed by atoms with van der Waals surface area (Å²) in [4.78, 5) is 22.0. The third-order valence-corrected chi connectivity index (χ3v) is 2.21. The van der Waals surface area contributed by atoms with Crippen molar-refractivity contribution in [2.45, 2.75) is 13.0 Å². The Morgan fingerprint density at radius 2 is 2.28 bits per heavy atom. The number of rotatable bonds is 5. The van der Waals surface area contributed by atoms with Crippen LogP contribution in [0.3, 0.4) is 0 Å². The van der Waals surface area contributed by atoms with Crippen LogP contribution in [-0.4, -0.2) is 35.7 Å². The van der Waals surface area contributed by atoms with Gasteiger partial charge in [-0.15, -0.1) is 0 Å². The number of hydrogen-bond acceptors (Lipinski definition) is 5. The van der Waals surface area contributed by atoms with Gasteiger partial charge in [0.25, 0.3) is 11.6 Å². The molecule has 2 N–H and O–H groups in total. The van der Waals surface area contributed by atoms with Crippen LogP contribution in [0.1, 0.15) is 17.3 Å². The van der Waals surface area contributed by atoms with Crippen LogP contribution in [0.15, 0.2) is 18.2 Å². The number of benzene rings is 1. The molecule has 1 atom stereocenters. The van der Waals surface area contributed by atoms with Gasteiger partial charge in [0.05, 0.1) is 18.1 Å².